The lowest BCUT2D eigenvalue weighted by Gasteiger charge is -2.22. The van der Waals surface area contributed by atoms with Crippen LogP contribution < -0.4 is 0 Å². The second-order valence-corrected chi connectivity index (χ2v) is 4.04. The molecule has 2 saturated heterocycles. The molecule has 76 valence electrons. The summed E-state index contributed by atoms with van der Waals surface area (Å²) in [6.45, 7) is 5.62. The molecular weight excluding hydrogens is 172 g/mol. The van der Waals surface area contributed by atoms with Gasteiger partial charge in [0.2, 0.25) is 0 Å². The molecule has 1 unspecified atom stereocenters. The van der Waals surface area contributed by atoms with Gasteiger partial charge < -0.3 is 19.3 Å². The molecule has 0 aromatic rings. The summed E-state index contributed by atoms with van der Waals surface area (Å²) in [4.78, 5) is 0. The van der Waals surface area contributed by atoms with Crippen LogP contribution in [0.1, 0.15) is 27.2 Å². The van der Waals surface area contributed by atoms with Gasteiger partial charge in [-0.25, -0.2) is 0 Å². The second kappa shape index (κ2) is 2.92. The third kappa shape index (κ3) is 1.48. The Morgan fingerprint density at radius 3 is 2.54 bits per heavy atom. The maximum Gasteiger partial charge on any atom is 0.190 e. The molecule has 13 heavy (non-hydrogen) atoms. The number of hydrogen-bond acceptors (Lipinski definition) is 4. The molecule has 1 N–H and O–H groups in total. The maximum absolute atomic E-state index is 9.76. The molecule has 0 aromatic heterocycles. The number of aliphatic hydroxyl groups excluding tert-OH is 1. The van der Waals surface area contributed by atoms with Gasteiger partial charge in [-0.15, -0.1) is 0 Å². The number of fused-ring (bicyclic) bond motifs is 1. The van der Waals surface area contributed by atoms with Crippen LogP contribution in [0, 0.1) is 0 Å². The van der Waals surface area contributed by atoms with Crippen molar-refractivity contribution in [1.82, 2.24) is 0 Å². The van der Waals surface area contributed by atoms with Crippen LogP contribution in [0.2, 0.25) is 0 Å². The minimum Gasteiger partial charge on any atom is -0.387 e. The Morgan fingerprint density at radius 1 is 1.31 bits per heavy atom. The van der Waals surface area contributed by atoms with Gasteiger partial charge in [0, 0.05) is 0 Å². The van der Waals surface area contributed by atoms with Crippen LogP contribution in [0.5, 0.6) is 0 Å². The minimum atomic E-state index is -0.630. The highest BCUT2D eigenvalue weighted by Crippen LogP contribution is 2.37. The highest BCUT2D eigenvalue weighted by atomic mass is 16.8. The van der Waals surface area contributed by atoms with E-state index in [1.54, 1.807) is 0 Å². The van der Waals surface area contributed by atoms with Crippen molar-refractivity contribution in [2.75, 3.05) is 0 Å². The van der Waals surface area contributed by atoms with E-state index >= 15 is 0 Å². The van der Waals surface area contributed by atoms with Gasteiger partial charge in [0.15, 0.2) is 12.1 Å². The second-order valence-electron chi connectivity index (χ2n) is 4.04. The Bertz CT molecular complexity index is 204. The molecule has 2 fully saturated rings. The first kappa shape index (κ1) is 9.40. The molecule has 2 aliphatic heterocycles. The van der Waals surface area contributed by atoms with E-state index in [2.05, 4.69) is 0 Å². The van der Waals surface area contributed by atoms with E-state index in [1.165, 1.54) is 0 Å². The minimum absolute atomic E-state index is 0.147. The molecular formula is C9H16O4. The summed E-state index contributed by atoms with van der Waals surface area (Å²) in [6.07, 6.45) is -0.640. The van der Waals surface area contributed by atoms with Gasteiger partial charge in [-0.05, 0) is 20.3 Å². The van der Waals surface area contributed by atoms with E-state index in [9.17, 15) is 5.11 Å². The molecule has 0 saturated carbocycles. The first-order valence-corrected chi connectivity index (χ1v) is 4.72. The first-order valence-electron chi connectivity index (χ1n) is 4.72. The molecule has 0 amide bonds. The highest BCUT2D eigenvalue weighted by Gasteiger charge is 2.53. The fourth-order valence-electron chi connectivity index (χ4n) is 1.90. The summed E-state index contributed by atoms with van der Waals surface area (Å²) in [5.74, 6) is -0.630. The zero-order chi connectivity index (χ0) is 9.64. The fourth-order valence-corrected chi connectivity index (χ4v) is 1.90. The van der Waals surface area contributed by atoms with Crippen molar-refractivity contribution in [1.29, 1.82) is 0 Å². The maximum atomic E-state index is 9.76. The predicted octanol–water partition coefficient (Wildman–Crippen LogP) is 0.634. The smallest absolute Gasteiger partial charge is 0.190 e. The summed E-state index contributed by atoms with van der Waals surface area (Å²) in [6, 6.07) is 0. The van der Waals surface area contributed by atoms with Crippen molar-refractivity contribution in [3.8, 4) is 0 Å². The van der Waals surface area contributed by atoms with Crippen molar-refractivity contribution in [3.05, 3.63) is 0 Å². The zero-order valence-electron chi connectivity index (χ0n) is 8.19. The van der Waals surface area contributed by atoms with E-state index in [1.807, 2.05) is 20.8 Å². The standard InChI is InChI=1S/C9H16O4/c1-4-5-6(10)7-8(11-5)13-9(2,3)12-7/h5-8,10H,4H2,1-3H3/t5-,6-,7?,8-/m1/s1. The van der Waals surface area contributed by atoms with Gasteiger partial charge in [-0.3, -0.25) is 0 Å². The van der Waals surface area contributed by atoms with Crippen molar-refractivity contribution in [2.24, 2.45) is 0 Å². The summed E-state index contributed by atoms with van der Waals surface area (Å²) < 4.78 is 16.5. The van der Waals surface area contributed by atoms with Crippen LogP contribution >= 0.6 is 0 Å². The van der Waals surface area contributed by atoms with E-state index in [0.29, 0.717) is 0 Å². The van der Waals surface area contributed by atoms with Crippen LogP contribution in [0.3, 0.4) is 0 Å². The summed E-state index contributed by atoms with van der Waals surface area (Å²) in [7, 11) is 0. The largest absolute Gasteiger partial charge is 0.387 e. The molecule has 4 nitrogen and oxygen atoms in total. The SMILES string of the molecule is CC[C@H]1O[C@@H]2OC(C)(C)OC2[C@@H]1O. The van der Waals surface area contributed by atoms with E-state index in [4.69, 9.17) is 14.2 Å². The summed E-state index contributed by atoms with van der Waals surface area (Å²) >= 11 is 0. The third-order valence-electron chi connectivity index (χ3n) is 2.52. The molecule has 2 aliphatic rings. The molecule has 0 spiro atoms. The predicted molar refractivity (Wildman–Crippen MR) is 45.0 cm³/mol. The number of ether oxygens (including phenoxy) is 3. The Labute approximate surface area is 77.8 Å². The highest BCUT2D eigenvalue weighted by molar-refractivity contribution is 4.92. The van der Waals surface area contributed by atoms with Crippen molar-refractivity contribution >= 4 is 0 Å². The zero-order valence-corrected chi connectivity index (χ0v) is 8.19. The van der Waals surface area contributed by atoms with Crippen molar-refractivity contribution < 1.29 is 19.3 Å². The normalized spacial score (nSPS) is 48.0. The quantitative estimate of drug-likeness (QED) is 0.655. The lowest BCUT2D eigenvalue weighted by molar-refractivity contribution is -0.214. The Morgan fingerprint density at radius 2 is 2.00 bits per heavy atom. The van der Waals surface area contributed by atoms with Gasteiger partial charge in [-0.1, -0.05) is 6.92 Å². The fraction of sp³-hybridized carbons (Fsp3) is 1.00. The first-order chi connectivity index (χ1) is 6.03. The molecule has 0 radical (unpaired) electrons. The molecule has 4 atom stereocenters. The third-order valence-corrected chi connectivity index (χ3v) is 2.52. The average molecular weight is 188 g/mol. The molecule has 4 heteroatoms. The van der Waals surface area contributed by atoms with Gasteiger partial charge in [0.1, 0.15) is 12.2 Å². The number of hydrogen-bond donors (Lipinski definition) is 1. The average Bonchev–Trinajstić information content (AvgIpc) is 2.47. The molecule has 0 aromatic carbocycles. The van der Waals surface area contributed by atoms with Crippen LogP contribution in [-0.4, -0.2) is 35.5 Å². The van der Waals surface area contributed by atoms with E-state index in [-0.39, 0.29) is 12.2 Å². The van der Waals surface area contributed by atoms with Crippen molar-refractivity contribution in [2.45, 2.75) is 57.6 Å². The molecule has 0 bridgehead atoms. The van der Waals surface area contributed by atoms with Crippen LogP contribution in [0.4, 0.5) is 0 Å². The van der Waals surface area contributed by atoms with E-state index < -0.39 is 18.2 Å². The van der Waals surface area contributed by atoms with E-state index in [0.717, 1.165) is 6.42 Å². The molecule has 2 heterocycles. The summed E-state index contributed by atoms with van der Waals surface area (Å²) in [5, 5.41) is 9.76. The molecule has 0 aliphatic carbocycles. The Balaban J connectivity index is 2.07. The Kier molecular flexibility index (Phi) is 2.11. The van der Waals surface area contributed by atoms with Crippen LogP contribution in [0.15, 0.2) is 0 Å². The lowest BCUT2D eigenvalue weighted by Crippen LogP contribution is -2.34. The summed E-state index contributed by atoms with van der Waals surface area (Å²) in [5.41, 5.74) is 0. The van der Waals surface area contributed by atoms with Gasteiger partial charge in [0.25, 0.3) is 0 Å². The topological polar surface area (TPSA) is 47.9 Å². The monoisotopic (exact) mass is 188 g/mol. The van der Waals surface area contributed by atoms with Gasteiger partial charge in [-0.2, -0.15) is 0 Å². The lowest BCUT2D eigenvalue weighted by atomic mass is 10.1. The Hall–Kier alpha value is -0.160. The van der Waals surface area contributed by atoms with Crippen LogP contribution in [-0.2, 0) is 14.2 Å². The van der Waals surface area contributed by atoms with Gasteiger partial charge >= 0.3 is 0 Å². The van der Waals surface area contributed by atoms with Crippen LogP contribution in [0.25, 0.3) is 0 Å². The number of aliphatic hydroxyl groups is 1. The molecule has 2 rings (SSSR count). The van der Waals surface area contributed by atoms with Crippen molar-refractivity contribution in [3.63, 3.8) is 0 Å². The van der Waals surface area contributed by atoms with Gasteiger partial charge in [0.05, 0.1) is 6.10 Å². The number of rotatable bonds is 1.